The molecule has 9 nitrogen and oxygen atoms in total. The van der Waals surface area contributed by atoms with Crippen LogP contribution < -0.4 is 5.32 Å². The third-order valence-corrected chi connectivity index (χ3v) is 5.82. The summed E-state index contributed by atoms with van der Waals surface area (Å²) in [6, 6.07) is 3.32. The number of aryl methyl sites for hydroxylation is 1. The quantitative estimate of drug-likeness (QED) is 0.717. The fourth-order valence-corrected chi connectivity index (χ4v) is 4.19. The van der Waals surface area contributed by atoms with Crippen LogP contribution in [0.5, 0.6) is 0 Å². The number of nitrogens with zero attached hydrogens (tertiary/aromatic N) is 4. The Hall–Kier alpha value is -3.01. The molecule has 1 aliphatic carbocycles. The van der Waals surface area contributed by atoms with Crippen LogP contribution in [0.1, 0.15) is 61.8 Å². The molecule has 3 aromatic rings. The van der Waals surface area contributed by atoms with E-state index >= 15 is 0 Å². The fourth-order valence-electron chi connectivity index (χ4n) is 3.17. The van der Waals surface area contributed by atoms with E-state index in [1.54, 1.807) is 24.0 Å². The predicted octanol–water partition coefficient (Wildman–Crippen LogP) is 2.76. The van der Waals surface area contributed by atoms with Crippen LogP contribution in [0.4, 0.5) is 5.13 Å². The number of anilines is 1. The van der Waals surface area contributed by atoms with Crippen molar-refractivity contribution < 1.29 is 18.6 Å². The van der Waals surface area contributed by atoms with Crippen LogP contribution >= 0.6 is 11.3 Å². The lowest BCUT2D eigenvalue weighted by atomic mass is 10.1. The molecular formula is C18H17N5O4S. The number of amides is 2. The van der Waals surface area contributed by atoms with Gasteiger partial charge in [0.15, 0.2) is 16.5 Å². The standard InChI is InChI=1S/C18H17N5O4S/c1-9-6-12(21-26-9)16(24)20-18-19-11-4-5-23(8-15(11)28-18)17(25)13-7-14(27-22-13)10-2-3-10/h6-7,10H,2-5,8H2,1H3,(H,19,20,24). The molecule has 1 aliphatic heterocycles. The summed E-state index contributed by atoms with van der Waals surface area (Å²) in [4.78, 5) is 32.1. The van der Waals surface area contributed by atoms with Crippen molar-refractivity contribution in [2.75, 3.05) is 11.9 Å². The van der Waals surface area contributed by atoms with Gasteiger partial charge in [0.25, 0.3) is 11.8 Å². The zero-order valence-electron chi connectivity index (χ0n) is 15.1. The average Bonchev–Trinajstić information content (AvgIpc) is 3.08. The molecule has 0 unspecified atom stereocenters. The van der Waals surface area contributed by atoms with Gasteiger partial charge in [-0.05, 0) is 19.8 Å². The van der Waals surface area contributed by atoms with Crippen LogP contribution in [0.3, 0.4) is 0 Å². The molecule has 0 spiro atoms. The van der Waals surface area contributed by atoms with E-state index in [-0.39, 0.29) is 17.5 Å². The predicted molar refractivity (Wildman–Crippen MR) is 98.2 cm³/mol. The Morgan fingerprint density at radius 3 is 2.79 bits per heavy atom. The Morgan fingerprint density at radius 2 is 2.04 bits per heavy atom. The first kappa shape index (κ1) is 17.1. The van der Waals surface area contributed by atoms with E-state index in [2.05, 4.69) is 20.6 Å². The van der Waals surface area contributed by atoms with E-state index in [9.17, 15) is 9.59 Å². The summed E-state index contributed by atoms with van der Waals surface area (Å²) in [6.07, 6.45) is 2.82. The molecule has 0 saturated heterocycles. The highest BCUT2D eigenvalue weighted by Gasteiger charge is 2.31. The van der Waals surface area contributed by atoms with Crippen molar-refractivity contribution in [2.45, 2.75) is 38.6 Å². The Kier molecular flexibility index (Phi) is 4.00. The van der Waals surface area contributed by atoms with Crippen molar-refractivity contribution in [3.63, 3.8) is 0 Å². The second kappa shape index (κ2) is 6.55. The molecular weight excluding hydrogens is 382 g/mol. The van der Waals surface area contributed by atoms with Crippen LogP contribution in [0, 0.1) is 6.92 Å². The maximum Gasteiger partial charge on any atom is 0.279 e. The molecule has 3 aromatic heterocycles. The summed E-state index contributed by atoms with van der Waals surface area (Å²) in [6.45, 7) is 2.72. The topological polar surface area (TPSA) is 114 Å². The summed E-state index contributed by atoms with van der Waals surface area (Å²) in [5, 5.41) is 10.9. The maximum absolute atomic E-state index is 12.7. The maximum atomic E-state index is 12.7. The molecule has 10 heteroatoms. The van der Waals surface area contributed by atoms with E-state index in [0.717, 1.165) is 29.2 Å². The second-order valence-corrected chi connectivity index (χ2v) is 8.11. The Labute approximate surface area is 163 Å². The molecule has 1 fully saturated rings. The van der Waals surface area contributed by atoms with Gasteiger partial charge in [-0.2, -0.15) is 0 Å². The summed E-state index contributed by atoms with van der Waals surface area (Å²) < 4.78 is 10.2. The minimum atomic E-state index is -0.369. The number of rotatable bonds is 4. The molecule has 144 valence electrons. The summed E-state index contributed by atoms with van der Waals surface area (Å²) in [5.74, 6) is 1.27. The van der Waals surface area contributed by atoms with Gasteiger partial charge in [-0.1, -0.05) is 21.7 Å². The minimum absolute atomic E-state index is 0.140. The Bertz CT molecular complexity index is 1060. The number of hydrogen-bond donors (Lipinski definition) is 1. The zero-order valence-corrected chi connectivity index (χ0v) is 15.9. The van der Waals surface area contributed by atoms with Gasteiger partial charge in [-0.25, -0.2) is 4.98 Å². The van der Waals surface area contributed by atoms with Gasteiger partial charge in [-0.15, -0.1) is 0 Å². The fraction of sp³-hybridized carbons (Fsp3) is 0.389. The van der Waals surface area contributed by atoms with Crippen LogP contribution in [-0.4, -0.2) is 38.6 Å². The number of nitrogens with one attached hydrogen (secondary N) is 1. The molecule has 0 aromatic carbocycles. The van der Waals surface area contributed by atoms with E-state index < -0.39 is 0 Å². The molecule has 2 aliphatic rings. The Balaban J connectivity index is 1.27. The molecule has 0 bridgehead atoms. The van der Waals surface area contributed by atoms with Gasteiger partial charge in [0.2, 0.25) is 0 Å². The lowest BCUT2D eigenvalue weighted by molar-refractivity contribution is 0.0725. The van der Waals surface area contributed by atoms with E-state index in [1.165, 1.54) is 11.3 Å². The van der Waals surface area contributed by atoms with Gasteiger partial charge in [0.05, 0.1) is 12.2 Å². The number of hydrogen-bond acceptors (Lipinski definition) is 8. The van der Waals surface area contributed by atoms with Crippen LogP contribution in [0.2, 0.25) is 0 Å². The second-order valence-electron chi connectivity index (χ2n) is 7.03. The number of aromatic nitrogens is 3. The van der Waals surface area contributed by atoms with Crippen LogP contribution in [0.25, 0.3) is 0 Å². The van der Waals surface area contributed by atoms with Crippen molar-refractivity contribution in [1.82, 2.24) is 20.2 Å². The molecule has 1 saturated carbocycles. The van der Waals surface area contributed by atoms with Gasteiger partial charge in [0, 0.05) is 35.9 Å². The van der Waals surface area contributed by atoms with Gasteiger partial charge >= 0.3 is 0 Å². The van der Waals surface area contributed by atoms with Crippen LogP contribution in [0.15, 0.2) is 21.2 Å². The number of fused-ring (bicyclic) bond motifs is 1. The Morgan fingerprint density at radius 1 is 1.21 bits per heavy atom. The lowest BCUT2D eigenvalue weighted by Gasteiger charge is -2.25. The van der Waals surface area contributed by atoms with E-state index in [4.69, 9.17) is 9.05 Å². The third kappa shape index (κ3) is 3.19. The minimum Gasteiger partial charge on any atom is -0.361 e. The largest absolute Gasteiger partial charge is 0.361 e. The first-order valence-electron chi connectivity index (χ1n) is 9.06. The zero-order chi connectivity index (χ0) is 19.3. The molecule has 0 radical (unpaired) electrons. The summed E-state index contributed by atoms with van der Waals surface area (Å²) in [7, 11) is 0. The van der Waals surface area contributed by atoms with E-state index in [1.807, 2.05) is 0 Å². The molecule has 5 rings (SSSR count). The first-order valence-corrected chi connectivity index (χ1v) is 9.87. The summed E-state index contributed by atoms with van der Waals surface area (Å²) in [5.41, 5.74) is 1.46. The van der Waals surface area contributed by atoms with Crippen molar-refractivity contribution in [3.8, 4) is 0 Å². The third-order valence-electron chi connectivity index (χ3n) is 4.83. The lowest BCUT2D eigenvalue weighted by Crippen LogP contribution is -2.35. The number of carbonyl (C=O) groups excluding carboxylic acids is 2. The highest BCUT2D eigenvalue weighted by Crippen LogP contribution is 2.40. The average molecular weight is 399 g/mol. The monoisotopic (exact) mass is 399 g/mol. The normalized spacial score (nSPS) is 16.1. The van der Waals surface area contributed by atoms with Gasteiger partial charge in [0.1, 0.15) is 11.5 Å². The summed E-state index contributed by atoms with van der Waals surface area (Å²) >= 11 is 1.36. The number of thiazole rings is 1. The molecule has 2 amide bonds. The molecule has 1 N–H and O–H groups in total. The molecule has 4 heterocycles. The van der Waals surface area contributed by atoms with Gasteiger partial charge < -0.3 is 13.9 Å². The van der Waals surface area contributed by atoms with Crippen LogP contribution in [-0.2, 0) is 13.0 Å². The highest BCUT2D eigenvalue weighted by molar-refractivity contribution is 7.15. The first-order chi connectivity index (χ1) is 13.6. The van der Waals surface area contributed by atoms with Crippen molar-refractivity contribution in [2.24, 2.45) is 0 Å². The molecule has 28 heavy (non-hydrogen) atoms. The van der Waals surface area contributed by atoms with Crippen molar-refractivity contribution >= 4 is 28.3 Å². The van der Waals surface area contributed by atoms with Crippen molar-refractivity contribution in [3.05, 3.63) is 45.6 Å². The highest BCUT2D eigenvalue weighted by atomic mass is 32.1. The molecule has 0 atom stereocenters. The SMILES string of the molecule is Cc1cc(C(=O)Nc2nc3c(s2)CN(C(=O)c2cc(C4CC4)on2)CC3)no1. The number of carbonyl (C=O) groups is 2. The van der Waals surface area contributed by atoms with Crippen molar-refractivity contribution in [1.29, 1.82) is 0 Å². The van der Waals surface area contributed by atoms with Gasteiger partial charge in [-0.3, -0.25) is 14.9 Å². The van der Waals surface area contributed by atoms with E-state index in [0.29, 0.717) is 42.0 Å². The smallest absolute Gasteiger partial charge is 0.279 e.